The lowest BCUT2D eigenvalue weighted by Gasteiger charge is -2.36. The van der Waals surface area contributed by atoms with Gasteiger partial charge in [-0.05, 0) is 60.7 Å². The van der Waals surface area contributed by atoms with Gasteiger partial charge in [-0.25, -0.2) is 38.4 Å². The Hall–Kier alpha value is -9.94. The fourth-order valence-corrected chi connectivity index (χ4v) is 9.16. The molecule has 6 aromatic rings. The van der Waals surface area contributed by atoms with Crippen molar-refractivity contribution in [3.8, 4) is 0 Å². The summed E-state index contributed by atoms with van der Waals surface area (Å²) in [6.45, 7) is 14.6. The Morgan fingerprint density at radius 1 is 0.366 bits per heavy atom. The summed E-state index contributed by atoms with van der Waals surface area (Å²) in [4.78, 5) is 100. The number of amides is 4. The minimum atomic E-state index is -1.26. The fourth-order valence-electron chi connectivity index (χ4n) is 9.16. The van der Waals surface area contributed by atoms with E-state index in [-0.39, 0.29) is 12.1 Å². The van der Waals surface area contributed by atoms with Gasteiger partial charge in [0.05, 0.1) is 12.5 Å². The highest BCUT2D eigenvalue weighted by atomic mass is 16.4. The SMILES string of the molecule is O=C(O)/C=C/C(=O)O.O=C(O)/C=C/C(=O)O.O=C(O)/C=C/C(=O)O.O=C1N(CCN2CCN(c3cccc4occc34)CC2)CCN1c1ccccc1.O=C1N(CCN2CCN(c3cccc4occc34)CC2)CCN1c1ccccc1. The molecular weight excluding hydrogens is 1060 g/mol. The van der Waals surface area contributed by atoms with E-state index < -0.39 is 35.8 Å². The van der Waals surface area contributed by atoms with Crippen LogP contribution in [0.25, 0.3) is 21.9 Å². The van der Waals surface area contributed by atoms with Crippen LogP contribution in [-0.4, -0.2) is 203 Å². The van der Waals surface area contributed by atoms with Crippen LogP contribution < -0.4 is 19.6 Å². The molecule has 10 rings (SSSR count). The number of piperazine rings is 2. The monoisotopic (exact) mass is 1130 g/mol. The molecule has 0 spiro atoms. The number of carbonyl (C=O) groups excluding carboxylic acids is 2. The van der Waals surface area contributed by atoms with E-state index in [9.17, 15) is 38.4 Å². The summed E-state index contributed by atoms with van der Waals surface area (Å²) in [5.74, 6) is -7.54. The minimum absolute atomic E-state index is 0.126. The molecule has 432 valence electrons. The molecule has 0 atom stereocenters. The number of benzene rings is 4. The molecule has 4 fully saturated rings. The second kappa shape index (κ2) is 31.0. The number of anilines is 4. The first kappa shape index (κ1) is 61.3. The molecular formula is C58H64N8O16. The third kappa shape index (κ3) is 18.9. The first-order valence-corrected chi connectivity index (χ1v) is 26.0. The maximum Gasteiger partial charge on any atom is 0.328 e. The normalized spacial score (nSPS) is 15.7. The molecule has 4 aromatic carbocycles. The quantitative estimate of drug-likeness (QED) is 0.0594. The maximum absolute atomic E-state index is 12.7. The van der Waals surface area contributed by atoms with Crippen molar-refractivity contribution < 1.29 is 77.8 Å². The van der Waals surface area contributed by atoms with Crippen LogP contribution in [0.3, 0.4) is 0 Å². The summed E-state index contributed by atoms with van der Waals surface area (Å²) in [5.41, 5.74) is 6.37. The maximum atomic E-state index is 12.7. The Morgan fingerprint density at radius 3 is 0.988 bits per heavy atom. The number of para-hydroxylation sites is 2. The average Bonchev–Trinajstić information content (AvgIpc) is 4.34. The van der Waals surface area contributed by atoms with Crippen molar-refractivity contribution in [2.24, 2.45) is 0 Å². The van der Waals surface area contributed by atoms with Gasteiger partial charge in [0, 0.05) is 175 Å². The largest absolute Gasteiger partial charge is 0.478 e. The van der Waals surface area contributed by atoms with Crippen molar-refractivity contribution in [2.75, 3.05) is 124 Å². The molecule has 24 nitrogen and oxygen atoms in total. The van der Waals surface area contributed by atoms with E-state index in [0.717, 1.165) is 127 Å². The van der Waals surface area contributed by atoms with E-state index in [4.69, 9.17) is 39.5 Å². The fraction of sp³-hybridized carbons (Fsp3) is 0.276. The first-order chi connectivity index (χ1) is 39.5. The molecule has 4 aliphatic heterocycles. The summed E-state index contributed by atoms with van der Waals surface area (Å²) in [7, 11) is 0. The number of nitrogens with zero attached hydrogens (tertiary/aromatic N) is 8. The molecule has 0 saturated carbocycles. The zero-order valence-corrected chi connectivity index (χ0v) is 44.7. The lowest BCUT2D eigenvalue weighted by molar-refractivity contribution is -0.134. The van der Waals surface area contributed by atoms with Gasteiger partial charge < -0.3 is 59.1 Å². The van der Waals surface area contributed by atoms with Gasteiger partial charge in [0.25, 0.3) is 0 Å². The van der Waals surface area contributed by atoms with Gasteiger partial charge in [0.1, 0.15) is 11.2 Å². The van der Waals surface area contributed by atoms with Crippen molar-refractivity contribution >= 4 is 92.6 Å². The van der Waals surface area contributed by atoms with Crippen LogP contribution in [0.4, 0.5) is 32.3 Å². The summed E-state index contributed by atoms with van der Waals surface area (Å²) < 4.78 is 11.1. The number of aliphatic carboxylic acids is 6. The van der Waals surface area contributed by atoms with Gasteiger partial charge in [0.2, 0.25) is 0 Å². The number of rotatable bonds is 16. The van der Waals surface area contributed by atoms with Crippen LogP contribution in [0.2, 0.25) is 0 Å². The highest BCUT2D eigenvalue weighted by Gasteiger charge is 2.31. The first-order valence-electron chi connectivity index (χ1n) is 26.0. The zero-order valence-electron chi connectivity index (χ0n) is 44.7. The van der Waals surface area contributed by atoms with E-state index in [1.807, 2.05) is 92.4 Å². The van der Waals surface area contributed by atoms with Crippen molar-refractivity contribution in [3.05, 3.63) is 158 Å². The van der Waals surface area contributed by atoms with Crippen LogP contribution in [0, 0.1) is 0 Å². The van der Waals surface area contributed by atoms with Gasteiger partial charge in [-0.15, -0.1) is 0 Å². The molecule has 6 N–H and O–H groups in total. The smallest absolute Gasteiger partial charge is 0.328 e. The Bertz CT molecular complexity index is 2910. The van der Waals surface area contributed by atoms with E-state index in [2.05, 4.69) is 56.0 Å². The number of carboxylic acid groups (broad SMARTS) is 6. The molecule has 4 aliphatic rings. The van der Waals surface area contributed by atoms with Crippen molar-refractivity contribution in [3.63, 3.8) is 0 Å². The van der Waals surface area contributed by atoms with Crippen molar-refractivity contribution in [2.45, 2.75) is 0 Å². The van der Waals surface area contributed by atoms with Crippen molar-refractivity contribution in [1.29, 1.82) is 0 Å². The molecule has 4 amide bonds. The second-order valence-electron chi connectivity index (χ2n) is 18.4. The molecule has 2 aromatic heterocycles. The lowest BCUT2D eigenvalue weighted by Crippen LogP contribution is -2.48. The summed E-state index contributed by atoms with van der Waals surface area (Å²) in [5, 5.41) is 49.2. The van der Waals surface area contributed by atoms with Gasteiger partial charge in [-0.3, -0.25) is 19.6 Å². The number of carbonyl (C=O) groups is 8. The number of furan rings is 2. The van der Waals surface area contributed by atoms with Gasteiger partial charge >= 0.3 is 47.9 Å². The van der Waals surface area contributed by atoms with Gasteiger partial charge in [-0.1, -0.05) is 48.5 Å². The molecule has 24 heteroatoms. The summed E-state index contributed by atoms with van der Waals surface area (Å²) >= 11 is 0. The summed E-state index contributed by atoms with van der Waals surface area (Å²) in [6.07, 6.45) is 6.87. The second-order valence-corrected chi connectivity index (χ2v) is 18.4. The van der Waals surface area contributed by atoms with E-state index >= 15 is 0 Å². The Balaban J connectivity index is 0.000000190. The summed E-state index contributed by atoms with van der Waals surface area (Å²) in [6, 6.07) is 36.7. The third-order valence-corrected chi connectivity index (χ3v) is 13.2. The number of hydrogen-bond acceptors (Lipinski definition) is 14. The lowest BCUT2D eigenvalue weighted by atomic mass is 10.2. The number of carboxylic acids is 6. The molecule has 0 radical (unpaired) electrons. The highest BCUT2D eigenvalue weighted by molar-refractivity contribution is 5.96. The predicted molar refractivity (Wildman–Crippen MR) is 304 cm³/mol. The van der Waals surface area contributed by atoms with Crippen molar-refractivity contribution in [1.82, 2.24) is 19.6 Å². The predicted octanol–water partition coefficient (Wildman–Crippen LogP) is 6.13. The molecule has 0 aliphatic carbocycles. The Kier molecular flexibility index (Phi) is 23.2. The van der Waals surface area contributed by atoms with Crippen LogP contribution >= 0.6 is 0 Å². The van der Waals surface area contributed by atoms with E-state index in [0.29, 0.717) is 36.5 Å². The van der Waals surface area contributed by atoms with Crippen LogP contribution in [0.1, 0.15) is 0 Å². The highest BCUT2D eigenvalue weighted by Crippen LogP contribution is 2.30. The molecule has 0 unspecified atom stereocenters. The van der Waals surface area contributed by atoms with Crippen LogP contribution in [0.5, 0.6) is 0 Å². The third-order valence-electron chi connectivity index (χ3n) is 13.2. The molecule has 0 bridgehead atoms. The minimum Gasteiger partial charge on any atom is -0.478 e. The van der Waals surface area contributed by atoms with Crippen LogP contribution in [0.15, 0.2) is 167 Å². The standard InChI is InChI=1S/2C23H26N4O2.3C4H4O4/c2*28-23-26(16-17-27(23)19-5-2-1-3-6-19)15-12-24-10-13-25(14-11-24)21-7-4-8-22-20(21)9-18-29-22;3*5-3(6)1-2-4(7)8/h2*1-9,18H,10-17H2;3*1-2H,(H,5,6)(H,7,8)/b;;3*2-1+. The molecule has 6 heterocycles. The van der Waals surface area contributed by atoms with Gasteiger partial charge in [-0.2, -0.15) is 0 Å². The average molecular weight is 1130 g/mol. The molecule has 4 saturated heterocycles. The van der Waals surface area contributed by atoms with E-state index in [1.165, 1.54) is 22.1 Å². The van der Waals surface area contributed by atoms with Gasteiger partial charge in [0.15, 0.2) is 0 Å². The zero-order chi connectivity index (χ0) is 59.0. The number of fused-ring (bicyclic) bond motifs is 2. The Labute approximate surface area is 471 Å². The number of hydrogen-bond donors (Lipinski definition) is 6. The number of urea groups is 2. The topological polar surface area (TPSA) is 310 Å². The molecule has 82 heavy (non-hydrogen) atoms. The van der Waals surface area contributed by atoms with Crippen LogP contribution in [-0.2, 0) is 28.8 Å². The Morgan fingerprint density at radius 2 is 0.683 bits per heavy atom. The van der Waals surface area contributed by atoms with E-state index in [1.54, 1.807) is 12.5 Å².